The molecule has 0 aliphatic carbocycles. The standard InChI is InChI=1S/C36H38N2O7S/c1-23-32(22-46-33-9-4-5-18-38(33)42)44-36(45-34(23)29-12-10-26(21-39)11-13-29)30-16-14-28(15-17-30)31-8-6-7-27(19-31)20-37-35(41)24(2)43-25(3)40/h4-19,23-24,32,34,36,39H,20-22H2,1-3H3,(H,37,41)/t23-,24+,32+,34+,36+/m1/s1. The molecule has 1 aromatic heterocycles. The van der Waals surface area contributed by atoms with E-state index < -0.39 is 18.4 Å². The molecule has 9 nitrogen and oxygen atoms in total. The van der Waals surface area contributed by atoms with E-state index in [4.69, 9.17) is 14.2 Å². The van der Waals surface area contributed by atoms with Crippen LogP contribution in [0.3, 0.4) is 0 Å². The molecule has 1 saturated heterocycles. The van der Waals surface area contributed by atoms with Crippen molar-refractivity contribution < 1.29 is 33.6 Å². The minimum absolute atomic E-state index is 0.00736. The van der Waals surface area contributed by atoms with Crippen LogP contribution in [0.2, 0.25) is 0 Å². The molecule has 2 N–H and O–H groups in total. The highest BCUT2D eigenvalue weighted by Crippen LogP contribution is 2.43. The van der Waals surface area contributed by atoms with Crippen LogP contribution < -0.4 is 10.0 Å². The number of nitrogens with one attached hydrogen (secondary N) is 1. The molecule has 1 aliphatic heterocycles. The van der Waals surface area contributed by atoms with Crippen LogP contribution >= 0.6 is 11.8 Å². The Morgan fingerprint density at radius 3 is 2.39 bits per heavy atom. The van der Waals surface area contributed by atoms with Gasteiger partial charge in [-0.15, -0.1) is 0 Å². The molecule has 4 aromatic rings. The van der Waals surface area contributed by atoms with Gasteiger partial charge in [-0.3, -0.25) is 9.59 Å². The molecule has 1 aliphatic rings. The molecule has 0 radical (unpaired) electrons. The van der Waals surface area contributed by atoms with E-state index in [0.29, 0.717) is 17.3 Å². The average molecular weight is 643 g/mol. The van der Waals surface area contributed by atoms with E-state index in [1.165, 1.54) is 31.8 Å². The van der Waals surface area contributed by atoms with E-state index in [-0.39, 0.29) is 30.6 Å². The van der Waals surface area contributed by atoms with Gasteiger partial charge >= 0.3 is 5.97 Å². The molecule has 0 spiro atoms. The summed E-state index contributed by atoms with van der Waals surface area (Å²) >= 11 is 1.46. The molecule has 1 amide bonds. The van der Waals surface area contributed by atoms with Crippen LogP contribution in [0.5, 0.6) is 0 Å². The third-order valence-electron chi connectivity index (χ3n) is 7.93. The van der Waals surface area contributed by atoms with Crippen LogP contribution in [-0.2, 0) is 37.0 Å². The predicted octanol–water partition coefficient (Wildman–Crippen LogP) is 5.63. The first-order chi connectivity index (χ1) is 22.2. The summed E-state index contributed by atoms with van der Waals surface area (Å²) in [6, 6.07) is 29.0. The van der Waals surface area contributed by atoms with Crippen molar-refractivity contribution in [3.8, 4) is 11.1 Å². The number of aliphatic hydroxyl groups excluding tert-OH is 1. The van der Waals surface area contributed by atoms with Crippen LogP contribution in [0.15, 0.2) is 102 Å². The molecule has 3 aromatic carbocycles. The highest BCUT2D eigenvalue weighted by Gasteiger charge is 2.38. The van der Waals surface area contributed by atoms with Crippen molar-refractivity contribution in [1.82, 2.24) is 5.32 Å². The number of benzene rings is 3. The first kappa shape index (κ1) is 33.2. The van der Waals surface area contributed by atoms with Gasteiger partial charge in [-0.25, -0.2) is 0 Å². The topological polar surface area (TPSA) is 121 Å². The van der Waals surface area contributed by atoms with Crippen LogP contribution in [0.1, 0.15) is 55.4 Å². The normalized spacial score (nSPS) is 20.1. The van der Waals surface area contributed by atoms with Gasteiger partial charge < -0.3 is 29.8 Å². The minimum Gasteiger partial charge on any atom is -0.618 e. The Morgan fingerprint density at radius 1 is 0.957 bits per heavy atom. The van der Waals surface area contributed by atoms with Crippen molar-refractivity contribution in [3.63, 3.8) is 0 Å². The van der Waals surface area contributed by atoms with Crippen molar-refractivity contribution in [2.24, 2.45) is 5.92 Å². The van der Waals surface area contributed by atoms with Gasteiger partial charge in [0.15, 0.2) is 18.6 Å². The summed E-state index contributed by atoms with van der Waals surface area (Å²) in [6.07, 6.45) is -0.470. The van der Waals surface area contributed by atoms with Gasteiger partial charge in [0.2, 0.25) is 0 Å². The second-order valence-electron chi connectivity index (χ2n) is 11.3. The van der Waals surface area contributed by atoms with E-state index in [2.05, 4.69) is 12.2 Å². The number of carbonyl (C=O) groups excluding carboxylic acids is 2. The molecule has 0 bridgehead atoms. The fourth-order valence-corrected chi connectivity index (χ4v) is 6.41. The number of carbonyl (C=O) groups is 2. The monoisotopic (exact) mass is 642 g/mol. The van der Waals surface area contributed by atoms with Gasteiger partial charge in [0, 0.05) is 42.8 Å². The Kier molecular flexibility index (Phi) is 11.1. The van der Waals surface area contributed by atoms with Gasteiger partial charge in [0.1, 0.15) is 0 Å². The molecular weight excluding hydrogens is 604 g/mol. The minimum atomic E-state index is -0.862. The van der Waals surface area contributed by atoms with Gasteiger partial charge in [-0.05, 0) is 46.9 Å². The van der Waals surface area contributed by atoms with Crippen LogP contribution in [0.25, 0.3) is 11.1 Å². The number of nitrogens with zero attached hydrogens (tertiary/aromatic N) is 1. The Labute approximate surface area is 273 Å². The second kappa shape index (κ2) is 15.4. The average Bonchev–Trinajstić information content (AvgIpc) is 3.07. The van der Waals surface area contributed by atoms with Crippen molar-refractivity contribution >= 4 is 23.6 Å². The summed E-state index contributed by atoms with van der Waals surface area (Å²) < 4.78 is 18.9. The zero-order valence-electron chi connectivity index (χ0n) is 26.0. The van der Waals surface area contributed by atoms with E-state index >= 15 is 0 Å². The molecule has 1 fully saturated rings. The predicted molar refractivity (Wildman–Crippen MR) is 174 cm³/mol. The van der Waals surface area contributed by atoms with Crippen molar-refractivity contribution in [1.29, 1.82) is 0 Å². The number of aliphatic hydroxyl groups is 1. The lowest BCUT2D eigenvalue weighted by Crippen LogP contribution is -2.39. The second-order valence-corrected chi connectivity index (χ2v) is 12.3. The number of aromatic nitrogens is 1. The maximum absolute atomic E-state index is 12.3. The molecule has 0 saturated carbocycles. The Bertz CT molecular complexity index is 1630. The molecule has 240 valence electrons. The molecule has 0 unspecified atom stereocenters. The largest absolute Gasteiger partial charge is 0.618 e. The number of hydrogen-bond donors (Lipinski definition) is 2. The SMILES string of the molecule is CC(=O)O[C@@H](C)C(=O)NCc1cccc(-c2ccc([C@H]3O[C@@H](CSc4cccc[n+]4[O-])[C@@H](C)[C@@H](c4ccc(CO)cc4)O3)cc2)c1. The number of hydrogen-bond acceptors (Lipinski definition) is 8. The first-order valence-corrected chi connectivity index (χ1v) is 16.2. The maximum atomic E-state index is 12.3. The number of rotatable bonds is 11. The smallest absolute Gasteiger partial charge is 0.303 e. The lowest BCUT2D eigenvalue weighted by atomic mass is 9.91. The Hall–Kier alpha value is -4.22. The van der Waals surface area contributed by atoms with Gasteiger partial charge in [-0.1, -0.05) is 85.4 Å². The van der Waals surface area contributed by atoms with Crippen LogP contribution in [0, 0.1) is 11.1 Å². The molecule has 5 rings (SSSR count). The van der Waals surface area contributed by atoms with E-state index in [0.717, 1.165) is 38.1 Å². The number of thioether (sulfide) groups is 1. The van der Waals surface area contributed by atoms with E-state index in [1.807, 2.05) is 78.9 Å². The zero-order chi connectivity index (χ0) is 32.6. The fourth-order valence-electron chi connectivity index (χ4n) is 5.33. The number of ether oxygens (including phenoxy) is 3. The van der Waals surface area contributed by atoms with Gasteiger partial charge in [-0.2, -0.15) is 4.73 Å². The summed E-state index contributed by atoms with van der Waals surface area (Å²) in [4.78, 5) is 23.4. The van der Waals surface area contributed by atoms with Crippen molar-refractivity contribution in [2.75, 3.05) is 5.75 Å². The summed E-state index contributed by atoms with van der Waals surface area (Å²) in [5.74, 6) is -0.300. The Morgan fingerprint density at radius 2 is 1.70 bits per heavy atom. The lowest BCUT2D eigenvalue weighted by molar-refractivity contribution is -0.645. The van der Waals surface area contributed by atoms with Gasteiger partial charge in [0.25, 0.3) is 10.9 Å². The third-order valence-corrected chi connectivity index (χ3v) is 9.04. The molecule has 2 heterocycles. The third kappa shape index (κ3) is 8.32. The van der Waals surface area contributed by atoms with Crippen molar-refractivity contribution in [3.05, 3.63) is 125 Å². The molecular formula is C36H38N2O7S. The summed E-state index contributed by atoms with van der Waals surface area (Å²) in [6.45, 7) is 5.17. The summed E-state index contributed by atoms with van der Waals surface area (Å²) in [5, 5.41) is 25.2. The quantitative estimate of drug-likeness (QED) is 0.0935. The number of pyridine rings is 1. The fraction of sp³-hybridized carbons (Fsp3) is 0.306. The van der Waals surface area contributed by atoms with Crippen LogP contribution in [-0.4, -0.2) is 34.9 Å². The molecule has 46 heavy (non-hydrogen) atoms. The van der Waals surface area contributed by atoms with Crippen molar-refractivity contribution in [2.45, 2.75) is 63.6 Å². The highest BCUT2D eigenvalue weighted by atomic mass is 32.2. The first-order valence-electron chi connectivity index (χ1n) is 15.2. The molecule has 10 heteroatoms. The van der Waals surface area contributed by atoms with Gasteiger partial charge in [0.05, 0.1) is 18.8 Å². The maximum Gasteiger partial charge on any atom is 0.303 e. The van der Waals surface area contributed by atoms with E-state index in [1.54, 1.807) is 12.1 Å². The summed E-state index contributed by atoms with van der Waals surface area (Å²) in [5.41, 5.74) is 5.57. The van der Waals surface area contributed by atoms with E-state index in [9.17, 15) is 19.9 Å². The number of amides is 1. The number of esters is 1. The zero-order valence-corrected chi connectivity index (χ0v) is 26.8. The lowest BCUT2D eigenvalue weighted by Gasteiger charge is -2.41. The highest BCUT2D eigenvalue weighted by molar-refractivity contribution is 7.99. The Balaban J connectivity index is 1.32. The summed E-state index contributed by atoms with van der Waals surface area (Å²) in [7, 11) is 0. The van der Waals surface area contributed by atoms with Crippen LogP contribution in [0.4, 0.5) is 0 Å². The molecule has 5 atom stereocenters.